The van der Waals surface area contributed by atoms with Crippen molar-refractivity contribution in [2.45, 2.75) is 69.6 Å². The third-order valence-corrected chi connectivity index (χ3v) is 4.36. The molecule has 4 nitrogen and oxygen atoms in total. The van der Waals surface area contributed by atoms with Crippen LogP contribution in [0.2, 0.25) is 0 Å². The Balaban J connectivity index is 1.64. The number of amides is 1. The molecule has 2 unspecified atom stereocenters. The topological polar surface area (TPSA) is 53.4 Å². The fraction of sp³-hybridized carbons (Fsp3) is 0.846. The van der Waals surface area contributed by atoms with Gasteiger partial charge in [-0.2, -0.15) is 0 Å². The Morgan fingerprint density at radius 3 is 2.29 bits per heavy atom. The number of hydrogen-bond acceptors (Lipinski definition) is 3. The summed E-state index contributed by atoms with van der Waals surface area (Å²) in [7, 11) is 0. The smallest absolute Gasteiger partial charge is 0.410 e. The van der Waals surface area contributed by atoms with Crippen LogP contribution in [0.1, 0.15) is 51.4 Å². The van der Waals surface area contributed by atoms with E-state index >= 15 is 0 Å². The summed E-state index contributed by atoms with van der Waals surface area (Å²) in [5, 5.41) is 7.77. The van der Waals surface area contributed by atoms with E-state index in [2.05, 4.69) is 0 Å². The van der Waals surface area contributed by atoms with Gasteiger partial charge in [-0.25, -0.2) is 4.79 Å². The molecule has 2 aliphatic heterocycles. The van der Waals surface area contributed by atoms with E-state index in [-0.39, 0.29) is 24.3 Å². The van der Waals surface area contributed by atoms with Gasteiger partial charge >= 0.3 is 6.09 Å². The molecule has 2 bridgehead atoms. The summed E-state index contributed by atoms with van der Waals surface area (Å²) in [4.78, 5) is 14.1. The number of rotatable bonds is 1. The van der Waals surface area contributed by atoms with Crippen molar-refractivity contribution < 1.29 is 9.53 Å². The number of fused-ring (bicyclic) bond motifs is 2. The van der Waals surface area contributed by atoms with Crippen LogP contribution in [-0.2, 0) is 4.74 Å². The summed E-state index contributed by atoms with van der Waals surface area (Å²) >= 11 is 0. The monoisotopic (exact) mass is 236 g/mol. The maximum atomic E-state index is 12.2. The second-order valence-corrected chi connectivity index (χ2v) is 5.59. The van der Waals surface area contributed by atoms with E-state index in [1.165, 1.54) is 12.8 Å². The fourth-order valence-corrected chi connectivity index (χ4v) is 3.52. The summed E-state index contributed by atoms with van der Waals surface area (Å²) in [6, 6.07) is 0.491. The summed E-state index contributed by atoms with van der Waals surface area (Å²) in [5.74, 6) is 0. The molecule has 0 radical (unpaired) electrons. The maximum Gasteiger partial charge on any atom is 0.410 e. The molecule has 3 rings (SSSR count). The minimum absolute atomic E-state index is 0.114. The highest BCUT2D eigenvalue weighted by molar-refractivity contribution is 5.85. The van der Waals surface area contributed by atoms with E-state index in [1.807, 2.05) is 4.90 Å². The van der Waals surface area contributed by atoms with Crippen LogP contribution in [0.5, 0.6) is 0 Å². The summed E-state index contributed by atoms with van der Waals surface area (Å²) in [6.07, 6.45) is 8.10. The minimum atomic E-state index is -0.114. The molecule has 2 saturated heterocycles. The van der Waals surface area contributed by atoms with Crippen molar-refractivity contribution in [3.05, 3.63) is 0 Å². The van der Waals surface area contributed by atoms with Crippen molar-refractivity contribution in [3.8, 4) is 0 Å². The highest BCUT2D eigenvalue weighted by atomic mass is 16.6. The Kier molecular flexibility index (Phi) is 2.81. The van der Waals surface area contributed by atoms with Gasteiger partial charge in [0.1, 0.15) is 6.10 Å². The van der Waals surface area contributed by atoms with Crippen LogP contribution >= 0.6 is 0 Å². The Bertz CT molecular complexity index is 320. The molecule has 0 spiro atoms. The van der Waals surface area contributed by atoms with Crippen molar-refractivity contribution in [1.29, 1.82) is 5.41 Å². The Labute approximate surface area is 102 Å². The van der Waals surface area contributed by atoms with Gasteiger partial charge < -0.3 is 15.0 Å². The highest BCUT2D eigenvalue weighted by Crippen LogP contribution is 2.35. The number of ether oxygens (including phenoxy) is 1. The van der Waals surface area contributed by atoms with Crippen LogP contribution in [0.4, 0.5) is 4.79 Å². The second kappa shape index (κ2) is 4.31. The molecule has 0 aromatic carbocycles. The average molecular weight is 236 g/mol. The third kappa shape index (κ3) is 2.05. The van der Waals surface area contributed by atoms with E-state index in [4.69, 9.17) is 10.1 Å². The van der Waals surface area contributed by atoms with Crippen LogP contribution in [0.3, 0.4) is 0 Å². The molecule has 1 amide bonds. The molecule has 94 valence electrons. The van der Waals surface area contributed by atoms with Crippen LogP contribution in [0.25, 0.3) is 0 Å². The Hall–Kier alpha value is -1.06. The van der Waals surface area contributed by atoms with Gasteiger partial charge in [0.2, 0.25) is 0 Å². The van der Waals surface area contributed by atoms with Crippen molar-refractivity contribution in [2.24, 2.45) is 0 Å². The lowest BCUT2D eigenvalue weighted by Gasteiger charge is -2.34. The van der Waals surface area contributed by atoms with Gasteiger partial charge in [-0.3, -0.25) is 0 Å². The minimum Gasteiger partial charge on any atom is -0.446 e. The number of piperidine rings is 1. The predicted molar refractivity (Wildman–Crippen MR) is 64.3 cm³/mol. The maximum absolute atomic E-state index is 12.2. The van der Waals surface area contributed by atoms with Gasteiger partial charge in [0.25, 0.3) is 0 Å². The number of nitrogens with one attached hydrogen (secondary N) is 1. The van der Waals surface area contributed by atoms with Crippen molar-refractivity contribution >= 4 is 11.8 Å². The molecule has 3 fully saturated rings. The standard InChI is InChI=1S/C13H20N2O2/c14-9-7-10-5-6-11(8-9)15(10)13(16)17-12-3-1-2-4-12/h10-12,14H,1-8H2. The normalized spacial score (nSPS) is 33.2. The van der Waals surface area contributed by atoms with Gasteiger partial charge in [0.15, 0.2) is 0 Å². The second-order valence-electron chi connectivity index (χ2n) is 5.59. The highest BCUT2D eigenvalue weighted by Gasteiger charge is 2.42. The molecule has 2 heterocycles. The van der Waals surface area contributed by atoms with E-state index in [9.17, 15) is 4.79 Å². The first-order valence-electron chi connectivity index (χ1n) is 6.79. The van der Waals surface area contributed by atoms with Crippen LogP contribution < -0.4 is 0 Å². The number of nitrogens with zero attached hydrogens (tertiary/aromatic N) is 1. The van der Waals surface area contributed by atoms with Crippen LogP contribution in [-0.4, -0.2) is 34.9 Å². The first kappa shape index (κ1) is 11.1. The van der Waals surface area contributed by atoms with Gasteiger partial charge in [-0.1, -0.05) is 0 Å². The molecule has 0 aromatic heterocycles. The first-order valence-corrected chi connectivity index (χ1v) is 6.79. The zero-order chi connectivity index (χ0) is 11.8. The molecular formula is C13H20N2O2. The zero-order valence-corrected chi connectivity index (χ0v) is 10.2. The van der Waals surface area contributed by atoms with Crippen molar-refractivity contribution in [1.82, 2.24) is 4.90 Å². The van der Waals surface area contributed by atoms with E-state index in [1.54, 1.807) is 0 Å². The van der Waals surface area contributed by atoms with Crippen molar-refractivity contribution in [3.63, 3.8) is 0 Å². The summed E-state index contributed by atoms with van der Waals surface area (Å²) in [5.41, 5.74) is 0.808. The fourth-order valence-electron chi connectivity index (χ4n) is 3.52. The Morgan fingerprint density at radius 1 is 1.12 bits per heavy atom. The average Bonchev–Trinajstić information content (AvgIpc) is 2.86. The van der Waals surface area contributed by atoms with Crippen LogP contribution in [0.15, 0.2) is 0 Å². The lowest BCUT2D eigenvalue weighted by atomic mass is 10.0. The van der Waals surface area contributed by atoms with Crippen LogP contribution in [0, 0.1) is 5.41 Å². The lowest BCUT2D eigenvalue weighted by molar-refractivity contribution is 0.0499. The van der Waals surface area contributed by atoms with E-state index in [0.29, 0.717) is 0 Å². The molecule has 3 aliphatic rings. The molecule has 1 N–H and O–H groups in total. The van der Waals surface area contributed by atoms with Crippen molar-refractivity contribution in [2.75, 3.05) is 0 Å². The largest absolute Gasteiger partial charge is 0.446 e. The van der Waals surface area contributed by atoms with Gasteiger partial charge in [0.05, 0.1) is 0 Å². The van der Waals surface area contributed by atoms with Gasteiger partial charge in [0, 0.05) is 30.6 Å². The van der Waals surface area contributed by atoms with Gasteiger partial charge in [-0.05, 0) is 38.5 Å². The Morgan fingerprint density at radius 2 is 1.71 bits per heavy atom. The first-order chi connectivity index (χ1) is 8.24. The molecule has 17 heavy (non-hydrogen) atoms. The molecule has 2 atom stereocenters. The molecule has 1 aliphatic carbocycles. The molecule has 1 saturated carbocycles. The quantitative estimate of drug-likeness (QED) is 0.761. The lowest BCUT2D eigenvalue weighted by Crippen LogP contribution is -2.47. The zero-order valence-electron chi connectivity index (χ0n) is 10.2. The summed E-state index contributed by atoms with van der Waals surface area (Å²) in [6.45, 7) is 0. The number of carbonyl (C=O) groups excluding carboxylic acids is 1. The van der Waals surface area contributed by atoms with E-state index < -0.39 is 0 Å². The van der Waals surface area contributed by atoms with Gasteiger partial charge in [-0.15, -0.1) is 0 Å². The predicted octanol–water partition coefficient (Wildman–Crippen LogP) is 2.71. The molecule has 0 aromatic rings. The number of carbonyl (C=O) groups is 1. The number of hydrogen-bond donors (Lipinski definition) is 1. The van der Waals surface area contributed by atoms with E-state index in [0.717, 1.165) is 44.2 Å². The third-order valence-electron chi connectivity index (χ3n) is 4.36. The summed E-state index contributed by atoms with van der Waals surface area (Å²) < 4.78 is 5.58. The molecule has 4 heteroatoms. The SMILES string of the molecule is N=C1CC2CCC(C1)N2C(=O)OC1CCCC1. The molecular weight excluding hydrogens is 216 g/mol.